The van der Waals surface area contributed by atoms with Gasteiger partial charge in [-0.3, -0.25) is 4.79 Å². The van der Waals surface area contributed by atoms with E-state index >= 15 is 0 Å². The molecular formula is C15H15F3N4OS. The van der Waals surface area contributed by atoms with Crippen LogP contribution in [-0.4, -0.2) is 29.0 Å². The van der Waals surface area contributed by atoms with Crippen LogP contribution in [0.15, 0.2) is 29.9 Å². The van der Waals surface area contributed by atoms with E-state index in [-0.39, 0.29) is 11.8 Å². The summed E-state index contributed by atoms with van der Waals surface area (Å²) in [4.78, 5) is 22.0. The second-order valence-corrected chi connectivity index (χ2v) is 6.39. The first-order chi connectivity index (χ1) is 11.4. The van der Waals surface area contributed by atoms with E-state index in [1.807, 2.05) is 4.90 Å². The molecule has 5 nitrogen and oxygen atoms in total. The van der Waals surface area contributed by atoms with Crippen molar-refractivity contribution in [3.05, 3.63) is 35.5 Å². The molecule has 0 aromatic carbocycles. The van der Waals surface area contributed by atoms with Crippen LogP contribution in [0.5, 0.6) is 0 Å². The topological polar surface area (TPSA) is 58.1 Å². The fourth-order valence-corrected chi connectivity index (χ4v) is 3.14. The zero-order valence-electron chi connectivity index (χ0n) is 12.6. The number of anilines is 2. The minimum Gasteiger partial charge on any atom is -0.357 e. The first-order valence-corrected chi connectivity index (χ1v) is 8.30. The van der Waals surface area contributed by atoms with E-state index in [1.165, 1.54) is 17.4 Å². The van der Waals surface area contributed by atoms with Gasteiger partial charge in [-0.2, -0.15) is 13.2 Å². The minimum absolute atomic E-state index is 0.0648. The number of thiazole rings is 1. The zero-order valence-corrected chi connectivity index (χ0v) is 13.4. The van der Waals surface area contributed by atoms with Crippen LogP contribution in [-0.2, 0) is 11.0 Å². The third kappa shape index (κ3) is 3.84. The smallest absolute Gasteiger partial charge is 0.357 e. The molecule has 0 atom stereocenters. The Labute approximate surface area is 140 Å². The molecule has 0 saturated carbocycles. The Bertz CT molecular complexity index is 680. The summed E-state index contributed by atoms with van der Waals surface area (Å²) < 4.78 is 37.7. The van der Waals surface area contributed by atoms with Gasteiger partial charge in [-0.1, -0.05) is 0 Å². The van der Waals surface area contributed by atoms with Gasteiger partial charge in [0.2, 0.25) is 5.91 Å². The molecule has 1 aliphatic heterocycles. The van der Waals surface area contributed by atoms with E-state index in [2.05, 4.69) is 15.3 Å². The third-order valence-corrected chi connectivity index (χ3v) is 4.62. The summed E-state index contributed by atoms with van der Waals surface area (Å²) in [5.41, 5.74) is -0.760. The Kier molecular flexibility index (Phi) is 4.70. The molecule has 1 amide bonds. The van der Waals surface area contributed by atoms with Crippen LogP contribution in [0.1, 0.15) is 18.4 Å². The molecule has 128 valence electrons. The van der Waals surface area contributed by atoms with Crippen molar-refractivity contribution in [3.8, 4) is 0 Å². The molecule has 1 fully saturated rings. The quantitative estimate of drug-likeness (QED) is 0.916. The molecule has 3 heterocycles. The van der Waals surface area contributed by atoms with Crippen LogP contribution in [0.25, 0.3) is 0 Å². The van der Waals surface area contributed by atoms with Gasteiger partial charge in [-0.05, 0) is 25.0 Å². The summed E-state index contributed by atoms with van der Waals surface area (Å²) >= 11 is 1.36. The van der Waals surface area contributed by atoms with E-state index in [9.17, 15) is 18.0 Å². The van der Waals surface area contributed by atoms with Crippen molar-refractivity contribution in [3.63, 3.8) is 0 Å². The van der Waals surface area contributed by atoms with Crippen molar-refractivity contribution in [1.82, 2.24) is 9.97 Å². The summed E-state index contributed by atoms with van der Waals surface area (Å²) in [6.07, 6.45) is -0.665. The predicted molar refractivity (Wildman–Crippen MR) is 84.9 cm³/mol. The summed E-state index contributed by atoms with van der Waals surface area (Å²) in [7, 11) is 0. The van der Waals surface area contributed by atoms with Crippen molar-refractivity contribution in [2.45, 2.75) is 19.0 Å². The molecule has 1 aliphatic rings. The Morgan fingerprint density at radius 3 is 2.54 bits per heavy atom. The van der Waals surface area contributed by atoms with Crippen LogP contribution in [0, 0.1) is 5.92 Å². The van der Waals surface area contributed by atoms with Crippen LogP contribution >= 0.6 is 11.3 Å². The van der Waals surface area contributed by atoms with Crippen molar-refractivity contribution in [2.24, 2.45) is 5.92 Å². The number of nitrogens with zero attached hydrogens (tertiary/aromatic N) is 3. The number of piperidine rings is 1. The Morgan fingerprint density at radius 2 is 2.00 bits per heavy atom. The van der Waals surface area contributed by atoms with Gasteiger partial charge in [0, 0.05) is 36.8 Å². The largest absolute Gasteiger partial charge is 0.417 e. The molecule has 1 saturated heterocycles. The Morgan fingerprint density at radius 1 is 1.25 bits per heavy atom. The molecule has 0 spiro atoms. The van der Waals surface area contributed by atoms with Gasteiger partial charge in [-0.15, -0.1) is 11.3 Å². The van der Waals surface area contributed by atoms with Gasteiger partial charge in [-0.25, -0.2) is 9.97 Å². The summed E-state index contributed by atoms with van der Waals surface area (Å²) in [5.74, 6) is 0.311. The average Bonchev–Trinajstić information content (AvgIpc) is 3.07. The molecule has 2 aromatic heterocycles. The molecule has 0 aliphatic carbocycles. The Balaban J connectivity index is 1.56. The maximum Gasteiger partial charge on any atom is 0.417 e. The van der Waals surface area contributed by atoms with Crippen molar-refractivity contribution in [2.75, 3.05) is 23.3 Å². The summed E-state index contributed by atoms with van der Waals surface area (Å²) in [6.45, 7) is 1.16. The van der Waals surface area contributed by atoms with Gasteiger partial charge in [0.05, 0.1) is 5.56 Å². The third-order valence-electron chi connectivity index (χ3n) is 3.93. The highest BCUT2D eigenvalue weighted by molar-refractivity contribution is 7.13. The fourth-order valence-electron chi connectivity index (χ4n) is 2.60. The number of hydrogen-bond acceptors (Lipinski definition) is 5. The maximum absolute atomic E-state index is 12.6. The lowest BCUT2D eigenvalue weighted by molar-refractivity contribution is -0.137. The number of alkyl halides is 3. The lowest BCUT2D eigenvalue weighted by Gasteiger charge is -2.32. The molecule has 1 N–H and O–H groups in total. The molecule has 0 bridgehead atoms. The van der Waals surface area contributed by atoms with Crippen molar-refractivity contribution < 1.29 is 18.0 Å². The van der Waals surface area contributed by atoms with Gasteiger partial charge in [0.25, 0.3) is 0 Å². The molecule has 9 heteroatoms. The van der Waals surface area contributed by atoms with E-state index in [4.69, 9.17) is 0 Å². The van der Waals surface area contributed by atoms with E-state index in [1.54, 1.807) is 11.6 Å². The maximum atomic E-state index is 12.6. The number of hydrogen-bond donors (Lipinski definition) is 1. The highest BCUT2D eigenvalue weighted by atomic mass is 32.1. The molecule has 24 heavy (non-hydrogen) atoms. The Hall–Kier alpha value is -2.16. The number of nitrogens with one attached hydrogen (secondary N) is 1. The van der Waals surface area contributed by atoms with E-state index in [0.717, 1.165) is 12.3 Å². The van der Waals surface area contributed by atoms with Crippen LogP contribution < -0.4 is 10.2 Å². The molecule has 3 rings (SSSR count). The molecule has 0 unspecified atom stereocenters. The van der Waals surface area contributed by atoms with Crippen LogP contribution in [0.2, 0.25) is 0 Å². The lowest BCUT2D eigenvalue weighted by atomic mass is 9.96. The van der Waals surface area contributed by atoms with Crippen LogP contribution in [0.3, 0.4) is 0 Å². The zero-order chi connectivity index (χ0) is 17.2. The van der Waals surface area contributed by atoms with Gasteiger partial charge >= 0.3 is 6.18 Å². The number of amides is 1. The highest BCUT2D eigenvalue weighted by Crippen LogP contribution is 2.30. The van der Waals surface area contributed by atoms with Crippen molar-refractivity contribution in [1.29, 1.82) is 0 Å². The van der Waals surface area contributed by atoms with Crippen molar-refractivity contribution >= 4 is 28.2 Å². The number of carbonyl (C=O) groups excluding carboxylic acids is 1. The average molecular weight is 356 g/mol. The van der Waals surface area contributed by atoms with Gasteiger partial charge in [0.15, 0.2) is 5.13 Å². The minimum atomic E-state index is -4.38. The first kappa shape index (κ1) is 16.7. The summed E-state index contributed by atoms with van der Waals surface area (Å²) in [6, 6.07) is 2.41. The standard InChI is InChI=1S/C15H15F3N4OS/c16-15(17,18)11-1-2-12(20-9-11)22-6-3-10(4-7-22)13(23)21-14-19-5-8-24-14/h1-2,5,8-10H,3-4,6-7H2,(H,19,21,23). The molecule has 2 aromatic rings. The number of aromatic nitrogens is 2. The van der Waals surface area contributed by atoms with Crippen LogP contribution in [0.4, 0.5) is 24.1 Å². The molecular weight excluding hydrogens is 341 g/mol. The van der Waals surface area contributed by atoms with Gasteiger partial charge in [0.1, 0.15) is 5.82 Å². The van der Waals surface area contributed by atoms with E-state index in [0.29, 0.717) is 36.9 Å². The monoisotopic (exact) mass is 356 g/mol. The predicted octanol–water partition coefficient (Wildman–Crippen LogP) is 3.41. The lowest BCUT2D eigenvalue weighted by Crippen LogP contribution is -2.38. The number of pyridine rings is 1. The van der Waals surface area contributed by atoms with Gasteiger partial charge < -0.3 is 10.2 Å². The SMILES string of the molecule is O=C(Nc1nccs1)C1CCN(c2ccc(C(F)(F)F)cn2)CC1. The van der Waals surface area contributed by atoms with E-state index < -0.39 is 11.7 Å². The normalized spacial score (nSPS) is 16.2. The number of rotatable bonds is 3. The second-order valence-electron chi connectivity index (χ2n) is 5.49. The summed E-state index contributed by atoms with van der Waals surface area (Å²) in [5, 5.41) is 5.14. The second kappa shape index (κ2) is 6.76. The number of halogens is 3. The highest BCUT2D eigenvalue weighted by Gasteiger charge is 2.31. The number of carbonyl (C=O) groups is 1. The fraction of sp³-hybridized carbons (Fsp3) is 0.400. The molecule has 0 radical (unpaired) electrons. The first-order valence-electron chi connectivity index (χ1n) is 7.42.